The summed E-state index contributed by atoms with van der Waals surface area (Å²) in [5.41, 5.74) is 2.12. The first kappa shape index (κ1) is 13.6. The molecule has 0 aliphatic carbocycles. The second kappa shape index (κ2) is 5.42. The van der Waals surface area contributed by atoms with Gasteiger partial charge in [-0.3, -0.25) is 9.48 Å². The quantitative estimate of drug-likeness (QED) is 0.926. The van der Waals surface area contributed by atoms with E-state index in [4.69, 9.17) is 11.6 Å². The number of halogens is 2. The molecular formula is C11H11BrClN3OS. The Morgan fingerprint density at radius 2 is 2.39 bits per heavy atom. The summed E-state index contributed by atoms with van der Waals surface area (Å²) >= 11 is 11.0. The van der Waals surface area contributed by atoms with Crippen molar-refractivity contribution in [1.29, 1.82) is 0 Å². The van der Waals surface area contributed by atoms with Crippen LogP contribution >= 0.6 is 38.9 Å². The summed E-state index contributed by atoms with van der Waals surface area (Å²) < 4.78 is 2.54. The molecule has 2 aromatic heterocycles. The van der Waals surface area contributed by atoms with Crippen LogP contribution < -0.4 is 5.32 Å². The third kappa shape index (κ3) is 2.76. The predicted octanol–water partition coefficient (Wildman–Crippen LogP) is 3.14. The average Bonchev–Trinajstić information content (AvgIpc) is 2.82. The van der Waals surface area contributed by atoms with E-state index >= 15 is 0 Å². The lowest BCUT2D eigenvalue weighted by molar-refractivity contribution is 0.0950. The maximum absolute atomic E-state index is 12.0. The third-order valence-electron chi connectivity index (χ3n) is 2.45. The van der Waals surface area contributed by atoms with Gasteiger partial charge in [0.1, 0.15) is 5.15 Å². The van der Waals surface area contributed by atoms with Gasteiger partial charge in [-0.2, -0.15) is 5.10 Å². The van der Waals surface area contributed by atoms with Crippen molar-refractivity contribution >= 4 is 44.8 Å². The van der Waals surface area contributed by atoms with E-state index in [0.29, 0.717) is 23.0 Å². The molecule has 4 nitrogen and oxygen atoms in total. The average molecular weight is 349 g/mol. The van der Waals surface area contributed by atoms with Gasteiger partial charge >= 0.3 is 0 Å². The highest BCUT2D eigenvalue weighted by Gasteiger charge is 2.18. The molecule has 0 saturated heterocycles. The summed E-state index contributed by atoms with van der Waals surface area (Å²) in [4.78, 5) is 12.0. The Morgan fingerprint density at radius 3 is 2.89 bits per heavy atom. The number of thiophene rings is 1. The number of hydrogen-bond acceptors (Lipinski definition) is 3. The van der Waals surface area contributed by atoms with Crippen LogP contribution in [0.15, 0.2) is 15.2 Å². The van der Waals surface area contributed by atoms with E-state index in [2.05, 4.69) is 26.3 Å². The Labute approximate surface area is 122 Å². The number of hydrogen-bond donors (Lipinski definition) is 1. The van der Waals surface area contributed by atoms with Gasteiger partial charge in [-0.25, -0.2) is 0 Å². The van der Waals surface area contributed by atoms with Gasteiger partial charge in [0.15, 0.2) is 0 Å². The molecular weight excluding hydrogens is 338 g/mol. The van der Waals surface area contributed by atoms with Crippen LogP contribution in [0.5, 0.6) is 0 Å². The first-order chi connectivity index (χ1) is 8.49. The van der Waals surface area contributed by atoms with Gasteiger partial charge in [0.05, 0.1) is 15.0 Å². The number of carbonyl (C=O) groups is 1. The minimum absolute atomic E-state index is 0.201. The highest BCUT2D eigenvalue weighted by Crippen LogP contribution is 2.21. The largest absolute Gasteiger partial charge is 0.348 e. The maximum atomic E-state index is 12.0. The molecule has 0 spiro atoms. The Balaban J connectivity index is 2.08. The van der Waals surface area contributed by atoms with Crippen molar-refractivity contribution in [2.75, 3.05) is 0 Å². The van der Waals surface area contributed by atoms with Gasteiger partial charge in [-0.15, -0.1) is 11.3 Å². The zero-order valence-electron chi connectivity index (χ0n) is 9.83. The van der Waals surface area contributed by atoms with Crippen LogP contribution in [-0.4, -0.2) is 15.7 Å². The van der Waals surface area contributed by atoms with Crippen molar-refractivity contribution in [3.8, 4) is 0 Å². The van der Waals surface area contributed by atoms with Crippen LogP contribution in [0.2, 0.25) is 5.15 Å². The van der Waals surface area contributed by atoms with Crippen molar-refractivity contribution in [3.63, 3.8) is 0 Å². The van der Waals surface area contributed by atoms with Crippen LogP contribution in [0.3, 0.4) is 0 Å². The standard InChI is InChI=1S/C11H11BrClN3OS/c1-6-9(10(13)16(2)15-6)11(17)14-4-7-3-8(12)18-5-7/h3,5H,4H2,1-2H3,(H,14,17). The maximum Gasteiger partial charge on any atom is 0.256 e. The molecule has 0 fully saturated rings. The predicted molar refractivity (Wildman–Crippen MR) is 76.1 cm³/mol. The molecule has 0 saturated carbocycles. The molecule has 0 unspecified atom stereocenters. The highest BCUT2D eigenvalue weighted by molar-refractivity contribution is 9.11. The van der Waals surface area contributed by atoms with Gasteiger partial charge in [0.25, 0.3) is 5.91 Å². The fourth-order valence-corrected chi connectivity index (χ4v) is 3.07. The fourth-order valence-electron chi connectivity index (χ4n) is 1.60. The lowest BCUT2D eigenvalue weighted by atomic mass is 10.2. The summed E-state index contributed by atoms with van der Waals surface area (Å²) in [6.45, 7) is 2.24. The Morgan fingerprint density at radius 1 is 1.67 bits per heavy atom. The Hall–Kier alpha value is -0.850. The molecule has 2 rings (SSSR count). The minimum Gasteiger partial charge on any atom is -0.348 e. The molecule has 1 N–H and O–H groups in total. The molecule has 0 bridgehead atoms. The van der Waals surface area contributed by atoms with Crippen molar-refractivity contribution in [3.05, 3.63) is 37.2 Å². The van der Waals surface area contributed by atoms with Crippen LogP contribution in [0, 0.1) is 6.92 Å². The van der Waals surface area contributed by atoms with Crippen LogP contribution in [0.1, 0.15) is 21.6 Å². The Kier molecular flexibility index (Phi) is 4.09. The van der Waals surface area contributed by atoms with Crippen molar-refractivity contribution < 1.29 is 4.79 Å². The number of amides is 1. The van der Waals surface area contributed by atoms with Crippen molar-refractivity contribution in [2.45, 2.75) is 13.5 Å². The number of aromatic nitrogens is 2. The summed E-state index contributed by atoms with van der Waals surface area (Å²) in [7, 11) is 1.71. The second-order valence-electron chi connectivity index (χ2n) is 3.82. The van der Waals surface area contributed by atoms with E-state index in [9.17, 15) is 4.79 Å². The molecule has 18 heavy (non-hydrogen) atoms. The molecule has 1 amide bonds. The number of nitrogens with zero attached hydrogens (tertiary/aromatic N) is 2. The van der Waals surface area contributed by atoms with E-state index in [-0.39, 0.29) is 5.91 Å². The van der Waals surface area contributed by atoms with E-state index in [1.165, 1.54) is 4.68 Å². The van der Waals surface area contributed by atoms with Gasteiger partial charge in [-0.1, -0.05) is 11.6 Å². The lowest BCUT2D eigenvalue weighted by Gasteiger charge is -2.03. The van der Waals surface area contributed by atoms with Crippen molar-refractivity contribution in [2.24, 2.45) is 7.05 Å². The number of aryl methyl sites for hydroxylation is 2. The van der Waals surface area contributed by atoms with Gasteiger partial charge in [-0.05, 0) is 39.9 Å². The monoisotopic (exact) mass is 347 g/mol. The molecule has 0 aliphatic rings. The molecule has 0 radical (unpaired) electrons. The molecule has 0 aliphatic heterocycles. The number of carbonyl (C=O) groups excluding carboxylic acids is 1. The first-order valence-electron chi connectivity index (χ1n) is 5.19. The van der Waals surface area contributed by atoms with E-state index < -0.39 is 0 Å². The third-order valence-corrected chi connectivity index (χ3v) is 4.44. The van der Waals surface area contributed by atoms with Crippen molar-refractivity contribution in [1.82, 2.24) is 15.1 Å². The fraction of sp³-hybridized carbons (Fsp3) is 0.273. The highest BCUT2D eigenvalue weighted by atomic mass is 79.9. The van der Waals surface area contributed by atoms with Gasteiger partial charge < -0.3 is 5.32 Å². The molecule has 2 aromatic rings. The summed E-state index contributed by atoms with van der Waals surface area (Å²) in [6, 6.07) is 1.97. The SMILES string of the molecule is Cc1nn(C)c(Cl)c1C(=O)NCc1csc(Br)c1. The van der Waals surface area contributed by atoms with E-state index in [1.807, 2.05) is 11.4 Å². The normalized spacial score (nSPS) is 10.7. The Bertz CT molecular complexity index is 593. The molecule has 0 aromatic carbocycles. The lowest BCUT2D eigenvalue weighted by Crippen LogP contribution is -2.23. The zero-order valence-corrected chi connectivity index (χ0v) is 13.0. The molecule has 2 heterocycles. The topological polar surface area (TPSA) is 46.9 Å². The van der Waals surface area contributed by atoms with Crippen LogP contribution in [0.25, 0.3) is 0 Å². The molecule has 0 atom stereocenters. The van der Waals surface area contributed by atoms with E-state index in [0.717, 1.165) is 9.35 Å². The van der Waals surface area contributed by atoms with Gasteiger partial charge in [0, 0.05) is 13.6 Å². The van der Waals surface area contributed by atoms with Crippen LogP contribution in [-0.2, 0) is 13.6 Å². The number of rotatable bonds is 3. The first-order valence-corrected chi connectivity index (χ1v) is 7.24. The smallest absolute Gasteiger partial charge is 0.256 e. The van der Waals surface area contributed by atoms with E-state index in [1.54, 1.807) is 25.3 Å². The molecule has 7 heteroatoms. The van der Waals surface area contributed by atoms with Crippen LogP contribution in [0.4, 0.5) is 0 Å². The minimum atomic E-state index is -0.201. The van der Waals surface area contributed by atoms with Gasteiger partial charge in [0.2, 0.25) is 0 Å². The molecule has 96 valence electrons. The number of nitrogens with one attached hydrogen (secondary N) is 1. The summed E-state index contributed by atoms with van der Waals surface area (Å²) in [6.07, 6.45) is 0. The second-order valence-corrected chi connectivity index (χ2v) is 6.47. The summed E-state index contributed by atoms with van der Waals surface area (Å²) in [5, 5.41) is 9.29. The zero-order chi connectivity index (χ0) is 13.3. The summed E-state index contributed by atoms with van der Waals surface area (Å²) in [5.74, 6) is -0.201.